The fourth-order valence-corrected chi connectivity index (χ4v) is 2.44. The molecule has 0 aromatic heterocycles. The molecule has 2 heteroatoms. The quantitative estimate of drug-likeness (QED) is 0.856. The Kier molecular flexibility index (Phi) is 5.40. The molecule has 0 aliphatic rings. The van der Waals surface area contributed by atoms with Gasteiger partial charge in [-0.25, -0.2) is 0 Å². The highest BCUT2D eigenvalue weighted by Crippen LogP contribution is 2.24. The SMILES string of the molecule is CCCNC(c1ccc(C)cc1)c1ccc(N(C)C)cc1. The molecule has 21 heavy (non-hydrogen) atoms. The van der Waals surface area contributed by atoms with E-state index in [2.05, 4.69) is 86.7 Å². The molecule has 2 nitrogen and oxygen atoms in total. The van der Waals surface area contributed by atoms with Crippen LogP contribution in [0.4, 0.5) is 5.69 Å². The van der Waals surface area contributed by atoms with Crippen LogP contribution in [-0.2, 0) is 0 Å². The molecule has 1 N–H and O–H groups in total. The molecule has 1 atom stereocenters. The molecular weight excluding hydrogens is 256 g/mol. The van der Waals surface area contributed by atoms with Gasteiger partial charge in [-0.3, -0.25) is 0 Å². The lowest BCUT2D eigenvalue weighted by atomic mass is 9.97. The maximum atomic E-state index is 3.66. The van der Waals surface area contributed by atoms with Crippen molar-refractivity contribution < 1.29 is 0 Å². The third kappa shape index (κ3) is 4.08. The van der Waals surface area contributed by atoms with Crippen molar-refractivity contribution in [3.8, 4) is 0 Å². The van der Waals surface area contributed by atoms with Crippen molar-refractivity contribution in [2.75, 3.05) is 25.5 Å². The summed E-state index contributed by atoms with van der Waals surface area (Å²) < 4.78 is 0. The van der Waals surface area contributed by atoms with Gasteiger partial charge in [-0.2, -0.15) is 0 Å². The third-order valence-corrected chi connectivity index (χ3v) is 3.75. The van der Waals surface area contributed by atoms with E-state index in [0.717, 1.165) is 13.0 Å². The first-order valence-electron chi connectivity index (χ1n) is 7.69. The van der Waals surface area contributed by atoms with Gasteiger partial charge in [0.25, 0.3) is 0 Å². The Bertz CT molecular complexity index is 541. The van der Waals surface area contributed by atoms with Crippen LogP contribution in [0.2, 0.25) is 0 Å². The third-order valence-electron chi connectivity index (χ3n) is 3.75. The maximum Gasteiger partial charge on any atom is 0.0576 e. The molecule has 112 valence electrons. The van der Waals surface area contributed by atoms with E-state index in [1.54, 1.807) is 0 Å². The van der Waals surface area contributed by atoms with Crippen molar-refractivity contribution in [2.24, 2.45) is 0 Å². The summed E-state index contributed by atoms with van der Waals surface area (Å²) in [6, 6.07) is 17.9. The van der Waals surface area contributed by atoms with Crippen molar-refractivity contribution in [1.29, 1.82) is 0 Å². The van der Waals surface area contributed by atoms with Crippen molar-refractivity contribution in [1.82, 2.24) is 5.32 Å². The average Bonchev–Trinajstić information content (AvgIpc) is 2.50. The molecule has 2 rings (SSSR count). The first kappa shape index (κ1) is 15.6. The highest BCUT2D eigenvalue weighted by Gasteiger charge is 2.13. The van der Waals surface area contributed by atoms with Gasteiger partial charge < -0.3 is 10.2 Å². The lowest BCUT2D eigenvalue weighted by Gasteiger charge is -2.21. The zero-order valence-electron chi connectivity index (χ0n) is 13.6. The van der Waals surface area contributed by atoms with Crippen LogP contribution < -0.4 is 10.2 Å². The molecule has 2 aromatic carbocycles. The number of aryl methyl sites for hydroxylation is 1. The molecule has 0 fully saturated rings. The summed E-state index contributed by atoms with van der Waals surface area (Å²) in [5, 5.41) is 3.66. The smallest absolute Gasteiger partial charge is 0.0576 e. The molecule has 0 amide bonds. The second-order valence-corrected chi connectivity index (χ2v) is 5.78. The summed E-state index contributed by atoms with van der Waals surface area (Å²) >= 11 is 0. The molecule has 0 radical (unpaired) electrons. The Balaban J connectivity index is 2.28. The van der Waals surface area contributed by atoms with Crippen LogP contribution in [0.3, 0.4) is 0 Å². The van der Waals surface area contributed by atoms with Gasteiger partial charge in [0.05, 0.1) is 6.04 Å². The van der Waals surface area contributed by atoms with Crippen LogP contribution in [0, 0.1) is 6.92 Å². The van der Waals surface area contributed by atoms with E-state index < -0.39 is 0 Å². The van der Waals surface area contributed by atoms with Crippen molar-refractivity contribution in [3.05, 3.63) is 65.2 Å². The molecule has 0 heterocycles. The summed E-state index contributed by atoms with van der Waals surface area (Å²) in [6.07, 6.45) is 1.14. The minimum absolute atomic E-state index is 0.266. The van der Waals surface area contributed by atoms with Crippen LogP contribution in [0.5, 0.6) is 0 Å². The monoisotopic (exact) mass is 282 g/mol. The molecule has 0 bridgehead atoms. The van der Waals surface area contributed by atoms with Crippen LogP contribution >= 0.6 is 0 Å². The van der Waals surface area contributed by atoms with E-state index in [1.807, 2.05) is 0 Å². The Hall–Kier alpha value is -1.80. The van der Waals surface area contributed by atoms with Crippen molar-refractivity contribution in [3.63, 3.8) is 0 Å². The maximum absolute atomic E-state index is 3.66. The molecule has 0 aliphatic carbocycles. The van der Waals surface area contributed by atoms with Crippen LogP contribution in [-0.4, -0.2) is 20.6 Å². The Morgan fingerprint density at radius 1 is 0.905 bits per heavy atom. The fraction of sp³-hybridized carbons (Fsp3) is 0.368. The van der Waals surface area contributed by atoms with Gasteiger partial charge in [-0.1, -0.05) is 48.9 Å². The number of benzene rings is 2. The standard InChI is InChI=1S/C19H26N2/c1-5-14-20-19(16-8-6-15(2)7-9-16)17-10-12-18(13-11-17)21(3)4/h6-13,19-20H,5,14H2,1-4H3. The van der Waals surface area contributed by atoms with Gasteiger partial charge in [-0.05, 0) is 43.1 Å². The zero-order chi connectivity index (χ0) is 15.2. The van der Waals surface area contributed by atoms with Crippen molar-refractivity contribution >= 4 is 5.69 Å². The normalized spacial score (nSPS) is 12.2. The van der Waals surface area contributed by atoms with Gasteiger partial charge >= 0.3 is 0 Å². The predicted octanol–water partition coefficient (Wildman–Crippen LogP) is 4.15. The molecule has 0 spiro atoms. The second-order valence-electron chi connectivity index (χ2n) is 5.78. The highest BCUT2D eigenvalue weighted by molar-refractivity contribution is 5.47. The van der Waals surface area contributed by atoms with E-state index >= 15 is 0 Å². The minimum Gasteiger partial charge on any atom is -0.378 e. The Labute approximate surface area is 128 Å². The number of nitrogens with one attached hydrogen (secondary N) is 1. The minimum atomic E-state index is 0.266. The topological polar surface area (TPSA) is 15.3 Å². The van der Waals surface area contributed by atoms with E-state index in [-0.39, 0.29) is 6.04 Å². The summed E-state index contributed by atoms with van der Waals surface area (Å²) in [7, 11) is 4.14. The van der Waals surface area contributed by atoms with E-state index in [4.69, 9.17) is 0 Å². The number of hydrogen-bond acceptors (Lipinski definition) is 2. The molecule has 1 unspecified atom stereocenters. The summed E-state index contributed by atoms with van der Waals surface area (Å²) in [5.41, 5.74) is 5.18. The first-order valence-corrected chi connectivity index (χ1v) is 7.69. The van der Waals surface area contributed by atoms with Gasteiger partial charge in [0.1, 0.15) is 0 Å². The fourth-order valence-electron chi connectivity index (χ4n) is 2.44. The van der Waals surface area contributed by atoms with Crippen LogP contribution in [0.25, 0.3) is 0 Å². The largest absolute Gasteiger partial charge is 0.378 e. The second kappa shape index (κ2) is 7.28. The number of hydrogen-bond donors (Lipinski definition) is 1. The van der Waals surface area contributed by atoms with Crippen LogP contribution in [0.1, 0.15) is 36.1 Å². The van der Waals surface area contributed by atoms with E-state index in [0.29, 0.717) is 0 Å². The molecule has 0 saturated heterocycles. The number of anilines is 1. The molecule has 0 aliphatic heterocycles. The zero-order valence-corrected chi connectivity index (χ0v) is 13.6. The number of rotatable bonds is 6. The lowest BCUT2D eigenvalue weighted by molar-refractivity contribution is 0.598. The predicted molar refractivity (Wildman–Crippen MR) is 92.1 cm³/mol. The van der Waals surface area contributed by atoms with Gasteiger partial charge in [0.2, 0.25) is 0 Å². The molecule has 2 aromatic rings. The van der Waals surface area contributed by atoms with E-state index in [1.165, 1.54) is 22.4 Å². The van der Waals surface area contributed by atoms with Gasteiger partial charge in [-0.15, -0.1) is 0 Å². The highest BCUT2D eigenvalue weighted by atomic mass is 15.1. The van der Waals surface area contributed by atoms with Gasteiger partial charge in [0.15, 0.2) is 0 Å². The van der Waals surface area contributed by atoms with E-state index in [9.17, 15) is 0 Å². The molecular formula is C19H26N2. The Morgan fingerprint density at radius 2 is 1.43 bits per heavy atom. The Morgan fingerprint density at radius 3 is 1.90 bits per heavy atom. The summed E-state index contributed by atoms with van der Waals surface area (Å²) in [6.45, 7) is 5.35. The summed E-state index contributed by atoms with van der Waals surface area (Å²) in [4.78, 5) is 2.13. The average molecular weight is 282 g/mol. The molecule has 0 saturated carbocycles. The number of nitrogens with zero attached hydrogens (tertiary/aromatic N) is 1. The first-order chi connectivity index (χ1) is 10.1. The summed E-state index contributed by atoms with van der Waals surface area (Å²) in [5.74, 6) is 0. The lowest BCUT2D eigenvalue weighted by Crippen LogP contribution is -2.23. The van der Waals surface area contributed by atoms with Crippen molar-refractivity contribution in [2.45, 2.75) is 26.3 Å². The van der Waals surface area contributed by atoms with Crippen LogP contribution in [0.15, 0.2) is 48.5 Å². The van der Waals surface area contributed by atoms with Gasteiger partial charge in [0, 0.05) is 19.8 Å².